The van der Waals surface area contributed by atoms with Crippen molar-refractivity contribution >= 4 is 39.1 Å². The van der Waals surface area contributed by atoms with Crippen LogP contribution in [0.15, 0.2) is 71.6 Å². The van der Waals surface area contributed by atoms with Crippen molar-refractivity contribution < 1.29 is 18.0 Å². The second-order valence-corrected chi connectivity index (χ2v) is 12.5. The standard InChI is InChI=1S/C32H40ClN3O4S/c1-6-8-19-34-32(38)30(7-2)35(21-26-12-10-9-11-24(26)4)31(37)22-36(28-16-13-23(3)25(5)20-28)41(39,40)29-17-14-27(33)15-18-29/h9-18,20,30H,6-8,19,21-22H2,1-5H3,(H,34,38)/t30-/m0/s1. The van der Waals surface area contributed by atoms with Crippen molar-refractivity contribution in [1.29, 1.82) is 0 Å². The van der Waals surface area contributed by atoms with Crippen LogP contribution in [-0.4, -0.2) is 44.3 Å². The summed E-state index contributed by atoms with van der Waals surface area (Å²) in [6, 6.07) is 18.1. The van der Waals surface area contributed by atoms with E-state index in [1.165, 1.54) is 29.2 Å². The Morgan fingerprint density at radius 2 is 1.59 bits per heavy atom. The van der Waals surface area contributed by atoms with Crippen molar-refractivity contribution in [3.8, 4) is 0 Å². The van der Waals surface area contributed by atoms with Crippen LogP contribution in [0.5, 0.6) is 0 Å². The number of carbonyl (C=O) groups excluding carboxylic acids is 2. The van der Waals surface area contributed by atoms with Crippen LogP contribution in [0.25, 0.3) is 0 Å². The van der Waals surface area contributed by atoms with Crippen LogP contribution in [0.2, 0.25) is 5.02 Å². The third-order valence-electron chi connectivity index (χ3n) is 7.28. The van der Waals surface area contributed by atoms with Crippen molar-refractivity contribution in [2.45, 2.75) is 71.4 Å². The van der Waals surface area contributed by atoms with Crippen molar-refractivity contribution in [2.24, 2.45) is 0 Å². The lowest BCUT2D eigenvalue weighted by Gasteiger charge is -2.33. The molecule has 0 aromatic heterocycles. The summed E-state index contributed by atoms with van der Waals surface area (Å²) in [4.78, 5) is 29.0. The maximum absolute atomic E-state index is 14.2. The van der Waals surface area contributed by atoms with Gasteiger partial charge >= 0.3 is 0 Å². The molecule has 3 aromatic carbocycles. The lowest BCUT2D eigenvalue weighted by molar-refractivity contribution is -0.140. The number of halogens is 1. The lowest BCUT2D eigenvalue weighted by atomic mass is 10.1. The summed E-state index contributed by atoms with van der Waals surface area (Å²) in [7, 11) is -4.15. The van der Waals surface area contributed by atoms with Crippen molar-refractivity contribution in [2.75, 3.05) is 17.4 Å². The van der Waals surface area contributed by atoms with E-state index in [-0.39, 0.29) is 17.3 Å². The van der Waals surface area contributed by atoms with Gasteiger partial charge in [-0.25, -0.2) is 8.42 Å². The molecule has 0 aliphatic heterocycles. The normalized spacial score (nSPS) is 12.0. The Morgan fingerprint density at radius 1 is 0.902 bits per heavy atom. The zero-order valence-electron chi connectivity index (χ0n) is 24.5. The topological polar surface area (TPSA) is 86.8 Å². The molecule has 7 nitrogen and oxygen atoms in total. The van der Waals surface area contributed by atoms with Gasteiger partial charge in [-0.15, -0.1) is 0 Å². The summed E-state index contributed by atoms with van der Waals surface area (Å²) >= 11 is 6.03. The molecule has 0 aliphatic rings. The molecule has 3 rings (SSSR count). The number of unbranched alkanes of at least 4 members (excludes halogenated alkanes) is 1. The maximum atomic E-state index is 14.2. The molecule has 0 saturated carbocycles. The monoisotopic (exact) mass is 597 g/mol. The lowest BCUT2D eigenvalue weighted by Crippen LogP contribution is -2.52. The molecule has 0 unspecified atom stereocenters. The predicted molar refractivity (Wildman–Crippen MR) is 166 cm³/mol. The second-order valence-electron chi connectivity index (χ2n) is 10.3. The Hall–Kier alpha value is -3.36. The van der Waals surface area contributed by atoms with Gasteiger partial charge in [-0.05, 0) is 92.3 Å². The van der Waals surface area contributed by atoms with E-state index in [0.29, 0.717) is 23.7 Å². The Labute approximate surface area is 249 Å². The molecule has 41 heavy (non-hydrogen) atoms. The van der Waals surface area contributed by atoms with E-state index in [9.17, 15) is 18.0 Å². The van der Waals surface area contributed by atoms with Crippen molar-refractivity contribution in [3.05, 3.63) is 94.0 Å². The number of rotatable bonds is 13. The second kappa shape index (κ2) is 14.5. The highest BCUT2D eigenvalue weighted by molar-refractivity contribution is 7.92. The number of hydrogen-bond acceptors (Lipinski definition) is 4. The van der Waals surface area contributed by atoms with Crippen LogP contribution in [-0.2, 0) is 26.2 Å². The third-order valence-corrected chi connectivity index (χ3v) is 9.32. The van der Waals surface area contributed by atoms with Gasteiger partial charge in [-0.2, -0.15) is 0 Å². The smallest absolute Gasteiger partial charge is 0.264 e. The molecule has 0 saturated heterocycles. The highest BCUT2D eigenvalue weighted by Crippen LogP contribution is 2.27. The minimum absolute atomic E-state index is 0.0164. The number of nitrogens with zero attached hydrogens (tertiary/aromatic N) is 2. The molecule has 1 atom stereocenters. The number of sulfonamides is 1. The first-order chi connectivity index (χ1) is 19.5. The van der Waals surface area contributed by atoms with Gasteiger partial charge < -0.3 is 10.2 Å². The number of benzene rings is 3. The molecule has 1 N–H and O–H groups in total. The first-order valence-electron chi connectivity index (χ1n) is 14.0. The number of amides is 2. The molecule has 0 spiro atoms. The number of hydrogen-bond donors (Lipinski definition) is 1. The number of anilines is 1. The molecule has 2 amide bonds. The zero-order chi connectivity index (χ0) is 30.2. The van der Waals surface area contributed by atoms with Crippen LogP contribution in [0.3, 0.4) is 0 Å². The Morgan fingerprint density at radius 3 is 2.20 bits per heavy atom. The Bertz CT molecular complexity index is 1460. The number of carbonyl (C=O) groups is 2. The van der Waals surface area contributed by atoms with Gasteiger partial charge in [0.1, 0.15) is 12.6 Å². The maximum Gasteiger partial charge on any atom is 0.264 e. The molecule has 9 heteroatoms. The zero-order valence-corrected chi connectivity index (χ0v) is 26.1. The van der Waals surface area contributed by atoms with E-state index in [0.717, 1.165) is 39.4 Å². The summed E-state index contributed by atoms with van der Waals surface area (Å²) in [6.45, 7) is 9.89. The molecule has 220 valence electrons. The molecule has 0 radical (unpaired) electrons. The van der Waals surface area contributed by atoms with Crippen LogP contribution >= 0.6 is 11.6 Å². The molecule has 0 fully saturated rings. The van der Waals surface area contributed by atoms with Crippen LogP contribution < -0.4 is 9.62 Å². The van der Waals surface area contributed by atoms with E-state index in [4.69, 9.17) is 11.6 Å². The fourth-order valence-electron chi connectivity index (χ4n) is 4.54. The average molecular weight is 598 g/mol. The van der Waals surface area contributed by atoms with E-state index in [1.54, 1.807) is 12.1 Å². The summed E-state index contributed by atoms with van der Waals surface area (Å²) in [5.41, 5.74) is 4.13. The van der Waals surface area contributed by atoms with Gasteiger partial charge in [0, 0.05) is 18.1 Å². The van der Waals surface area contributed by atoms with Gasteiger partial charge in [0.2, 0.25) is 11.8 Å². The molecular weight excluding hydrogens is 558 g/mol. The van der Waals surface area contributed by atoms with Crippen LogP contribution in [0, 0.1) is 20.8 Å². The number of nitrogens with one attached hydrogen (secondary N) is 1. The van der Waals surface area contributed by atoms with E-state index in [2.05, 4.69) is 5.32 Å². The first kappa shape index (κ1) is 32.2. The van der Waals surface area contributed by atoms with Gasteiger partial charge in [0.05, 0.1) is 10.6 Å². The first-order valence-corrected chi connectivity index (χ1v) is 15.8. The largest absolute Gasteiger partial charge is 0.354 e. The Kier molecular flexibility index (Phi) is 11.4. The average Bonchev–Trinajstić information content (AvgIpc) is 2.94. The molecular formula is C32H40ClN3O4S. The van der Waals surface area contributed by atoms with Gasteiger partial charge in [0.25, 0.3) is 10.0 Å². The minimum Gasteiger partial charge on any atom is -0.354 e. The highest BCUT2D eigenvalue weighted by Gasteiger charge is 2.34. The molecule has 0 aliphatic carbocycles. The fraction of sp³-hybridized carbons (Fsp3) is 0.375. The minimum atomic E-state index is -4.15. The summed E-state index contributed by atoms with van der Waals surface area (Å²) in [6.07, 6.45) is 2.13. The van der Waals surface area contributed by atoms with Crippen molar-refractivity contribution in [1.82, 2.24) is 10.2 Å². The van der Waals surface area contributed by atoms with E-state index >= 15 is 0 Å². The summed E-state index contributed by atoms with van der Waals surface area (Å²) < 4.78 is 29.1. The Balaban J connectivity index is 2.07. The summed E-state index contributed by atoms with van der Waals surface area (Å²) in [5, 5.41) is 3.36. The highest BCUT2D eigenvalue weighted by atomic mass is 35.5. The molecule has 3 aromatic rings. The molecule has 0 heterocycles. The molecule has 0 bridgehead atoms. The van der Waals surface area contributed by atoms with Gasteiger partial charge in [-0.3, -0.25) is 13.9 Å². The van der Waals surface area contributed by atoms with Crippen molar-refractivity contribution in [3.63, 3.8) is 0 Å². The van der Waals surface area contributed by atoms with Crippen LogP contribution in [0.1, 0.15) is 55.4 Å². The van der Waals surface area contributed by atoms with E-state index in [1.807, 2.05) is 65.0 Å². The summed E-state index contributed by atoms with van der Waals surface area (Å²) in [5.74, 6) is -0.720. The fourth-order valence-corrected chi connectivity index (χ4v) is 6.07. The van der Waals surface area contributed by atoms with Gasteiger partial charge in [-0.1, -0.05) is 62.2 Å². The predicted octanol–water partition coefficient (Wildman–Crippen LogP) is 6.18. The van der Waals surface area contributed by atoms with Gasteiger partial charge in [0.15, 0.2) is 0 Å². The quantitative estimate of drug-likeness (QED) is 0.238. The third kappa shape index (κ3) is 8.11. The van der Waals surface area contributed by atoms with E-state index < -0.39 is 28.5 Å². The van der Waals surface area contributed by atoms with Crippen LogP contribution in [0.4, 0.5) is 5.69 Å². The number of aryl methyl sites for hydroxylation is 3. The SMILES string of the molecule is CCCCNC(=O)[C@H](CC)N(Cc1ccccc1C)C(=O)CN(c1ccc(C)c(C)c1)S(=O)(=O)c1ccc(Cl)cc1.